The normalized spacial score (nSPS) is 24.5. The third kappa shape index (κ3) is 9.06. The first kappa shape index (κ1) is 24.2. The summed E-state index contributed by atoms with van der Waals surface area (Å²) in [5, 5.41) is 2.48. The summed E-state index contributed by atoms with van der Waals surface area (Å²) in [6.07, 6.45) is -3.88. The summed E-state index contributed by atoms with van der Waals surface area (Å²) in [6, 6.07) is -1.18. The van der Waals surface area contributed by atoms with E-state index in [0.717, 1.165) is 27.7 Å². The molecule has 1 aliphatic carbocycles. The van der Waals surface area contributed by atoms with E-state index in [1.165, 1.54) is 6.08 Å². The molecule has 5 atom stereocenters. The Morgan fingerprint density at radius 3 is 1.87 bits per heavy atom. The molecule has 1 aliphatic rings. The van der Waals surface area contributed by atoms with Gasteiger partial charge in [-0.05, 0) is 20.8 Å². The molecule has 11 heteroatoms. The Hall–Kier alpha value is -3.11. The van der Waals surface area contributed by atoms with E-state index in [1.54, 1.807) is 20.8 Å². The monoisotopic (exact) mass is 445 g/mol. The molecule has 174 valence electrons. The van der Waals surface area contributed by atoms with E-state index in [4.69, 9.17) is 25.1 Å². The van der Waals surface area contributed by atoms with Crippen LogP contribution in [0.3, 0.4) is 0 Å². The third-order valence-electron chi connectivity index (χ3n) is 3.62. The van der Waals surface area contributed by atoms with Crippen molar-refractivity contribution in [1.82, 2.24) is 5.32 Å². The molecule has 0 heterocycles. The van der Waals surface area contributed by atoms with Crippen molar-refractivity contribution in [3.05, 3.63) is 11.6 Å². The molecule has 0 radical (unpaired) electrons. The summed E-state index contributed by atoms with van der Waals surface area (Å²) in [5.74, 6) is -3.18. The Labute approximate surface area is 181 Å². The maximum absolute atomic E-state index is 12.4. The van der Waals surface area contributed by atoms with Gasteiger partial charge in [0.2, 0.25) is 0 Å². The molecule has 0 bridgehead atoms. The standard InChI is InChI=1S/C20H29NO10/c1-10(22)27-9-14-8-15(21-19(26)31-20(5,6)7)17(29-12(3)24)18(30-13(4)25)16(14)28-11(2)23/h8,15-18H,9H2,1-7H3,(H,21,26)/t15?,16-,17+,18+/m1/s1/i9T/t9?,15?,16-,17+,18+. The lowest BCUT2D eigenvalue weighted by atomic mass is 9.87. The number of carbonyl (C=O) groups excluding carboxylic acids is 5. The predicted molar refractivity (Wildman–Crippen MR) is 105 cm³/mol. The van der Waals surface area contributed by atoms with Gasteiger partial charge in [-0.2, -0.15) is 0 Å². The van der Waals surface area contributed by atoms with Gasteiger partial charge in [0.05, 0.1) is 7.41 Å². The van der Waals surface area contributed by atoms with Gasteiger partial charge >= 0.3 is 30.0 Å². The molecule has 0 spiro atoms. The van der Waals surface area contributed by atoms with Crippen LogP contribution in [0.4, 0.5) is 4.79 Å². The van der Waals surface area contributed by atoms with Crippen molar-refractivity contribution in [2.75, 3.05) is 6.58 Å². The first-order valence-corrected chi connectivity index (χ1v) is 9.43. The van der Waals surface area contributed by atoms with Crippen LogP contribution >= 0.6 is 0 Å². The lowest BCUT2D eigenvalue weighted by Gasteiger charge is -2.40. The van der Waals surface area contributed by atoms with Crippen molar-refractivity contribution in [2.45, 2.75) is 78.4 Å². The van der Waals surface area contributed by atoms with Gasteiger partial charge in [-0.15, -0.1) is 0 Å². The van der Waals surface area contributed by atoms with E-state index in [-0.39, 0.29) is 5.57 Å². The number of hydrogen-bond donors (Lipinski definition) is 1. The van der Waals surface area contributed by atoms with Crippen LogP contribution in [0.5, 0.6) is 0 Å². The average Bonchev–Trinajstić information content (AvgIpc) is 2.56. The fourth-order valence-corrected chi connectivity index (χ4v) is 2.75. The van der Waals surface area contributed by atoms with Crippen molar-refractivity contribution >= 4 is 30.0 Å². The van der Waals surface area contributed by atoms with Crippen LogP contribution in [0.25, 0.3) is 0 Å². The summed E-state index contributed by atoms with van der Waals surface area (Å²) >= 11 is 0. The van der Waals surface area contributed by atoms with Gasteiger partial charge in [-0.25, -0.2) is 4.79 Å². The number of alkyl carbamates (subject to hydrolysis) is 1. The molecular weight excluding hydrogens is 414 g/mol. The van der Waals surface area contributed by atoms with Crippen LogP contribution in [0.2, 0.25) is 0 Å². The minimum Gasteiger partial charge on any atom is -0.461 e. The van der Waals surface area contributed by atoms with Gasteiger partial charge < -0.3 is 29.0 Å². The second kappa shape index (κ2) is 10.8. The fourth-order valence-electron chi connectivity index (χ4n) is 2.75. The van der Waals surface area contributed by atoms with Crippen molar-refractivity contribution in [3.63, 3.8) is 0 Å². The van der Waals surface area contributed by atoms with Gasteiger partial charge in [0, 0.05) is 33.3 Å². The van der Waals surface area contributed by atoms with Crippen LogP contribution in [0.1, 0.15) is 49.8 Å². The Balaban J connectivity index is 3.54. The summed E-state index contributed by atoms with van der Waals surface area (Å²) in [6.45, 7) is 7.57. The Kier molecular flexibility index (Phi) is 8.40. The molecular formula is C20H29NO10. The minimum absolute atomic E-state index is 0.105. The number of esters is 4. The molecule has 2 unspecified atom stereocenters. The topological polar surface area (TPSA) is 144 Å². The minimum atomic E-state index is -1.67. The predicted octanol–water partition coefficient (Wildman–Crippen LogP) is 1.18. The van der Waals surface area contributed by atoms with E-state index in [0.29, 0.717) is 0 Å². The number of ether oxygens (including phenoxy) is 5. The highest BCUT2D eigenvalue weighted by Crippen LogP contribution is 2.29. The van der Waals surface area contributed by atoms with Gasteiger partial charge in [0.15, 0.2) is 18.3 Å². The summed E-state index contributed by atoms with van der Waals surface area (Å²) in [7, 11) is 0. The van der Waals surface area contributed by atoms with Crippen molar-refractivity contribution in [3.8, 4) is 0 Å². The van der Waals surface area contributed by atoms with E-state index in [9.17, 15) is 24.0 Å². The maximum Gasteiger partial charge on any atom is 0.408 e. The number of carbonyl (C=O) groups is 5. The molecule has 0 saturated carbocycles. The lowest BCUT2D eigenvalue weighted by molar-refractivity contribution is -0.183. The Morgan fingerprint density at radius 2 is 1.42 bits per heavy atom. The van der Waals surface area contributed by atoms with Gasteiger partial charge in [0.1, 0.15) is 12.2 Å². The van der Waals surface area contributed by atoms with E-state index >= 15 is 0 Å². The second-order valence-corrected chi connectivity index (χ2v) is 7.74. The molecule has 0 fully saturated rings. The zero-order valence-corrected chi connectivity index (χ0v) is 18.5. The molecule has 31 heavy (non-hydrogen) atoms. The molecule has 0 aromatic rings. The van der Waals surface area contributed by atoms with Gasteiger partial charge in [0.25, 0.3) is 0 Å². The number of nitrogens with one attached hydrogen (secondary N) is 1. The van der Waals surface area contributed by atoms with Crippen molar-refractivity contribution in [1.29, 1.82) is 0 Å². The molecule has 1 N–H and O–H groups in total. The van der Waals surface area contributed by atoms with Crippen LogP contribution in [0.15, 0.2) is 11.6 Å². The Bertz CT molecular complexity index is 788. The van der Waals surface area contributed by atoms with E-state index in [1.807, 2.05) is 0 Å². The molecule has 1 rings (SSSR count). The molecule has 0 saturated heterocycles. The number of rotatable bonds is 6. The first-order chi connectivity index (χ1) is 14.6. The Morgan fingerprint density at radius 1 is 0.903 bits per heavy atom. The molecule has 0 aromatic heterocycles. The van der Waals surface area contributed by atoms with Crippen molar-refractivity contribution < 1.29 is 49.0 Å². The first-order valence-electron chi connectivity index (χ1n) is 10.0. The van der Waals surface area contributed by atoms with E-state index in [2.05, 4.69) is 5.32 Å². The third-order valence-corrected chi connectivity index (χ3v) is 3.62. The highest BCUT2D eigenvalue weighted by atomic mass is 16.6. The highest BCUT2D eigenvalue weighted by molar-refractivity contribution is 5.71. The lowest BCUT2D eigenvalue weighted by Crippen LogP contribution is -2.59. The highest BCUT2D eigenvalue weighted by Gasteiger charge is 2.47. The largest absolute Gasteiger partial charge is 0.461 e. The maximum atomic E-state index is 12.4. The second-order valence-electron chi connectivity index (χ2n) is 7.74. The summed E-state index contributed by atoms with van der Waals surface area (Å²) < 4.78 is 34.0. The molecule has 1 amide bonds. The van der Waals surface area contributed by atoms with E-state index < -0.39 is 66.5 Å². The summed E-state index contributed by atoms with van der Waals surface area (Å²) in [4.78, 5) is 59.0. The number of hydrogen-bond acceptors (Lipinski definition) is 10. The SMILES string of the molecule is [3H]C(OC(C)=O)C1=CC(NC(=O)OC(C)(C)C)[C@H](OC(C)=O)[C@@H](OC(C)=O)[C@@H]1OC(C)=O. The fraction of sp³-hybridized carbons (Fsp3) is 0.650. The number of amides is 1. The molecule has 0 aliphatic heterocycles. The quantitative estimate of drug-likeness (QED) is 0.359. The van der Waals surface area contributed by atoms with Crippen molar-refractivity contribution in [2.24, 2.45) is 0 Å². The van der Waals surface area contributed by atoms with Crippen LogP contribution in [-0.2, 0) is 42.9 Å². The van der Waals surface area contributed by atoms with Crippen LogP contribution < -0.4 is 5.32 Å². The van der Waals surface area contributed by atoms with Crippen LogP contribution in [-0.4, -0.2) is 66.5 Å². The van der Waals surface area contributed by atoms with Gasteiger partial charge in [-0.3, -0.25) is 19.2 Å². The van der Waals surface area contributed by atoms with Crippen LogP contribution in [0, 0.1) is 0 Å². The zero-order chi connectivity index (χ0) is 24.8. The summed E-state index contributed by atoms with van der Waals surface area (Å²) in [5.41, 5.74) is -0.959. The average molecular weight is 445 g/mol. The molecule has 11 nitrogen and oxygen atoms in total. The molecule has 0 aromatic carbocycles. The zero-order valence-electron chi connectivity index (χ0n) is 19.5. The van der Waals surface area contributed by atoms with Gasteiger partial charge in [-0.1, -0.05) is 6.08 Å². The smallest absolute Gasteiger partial charge is 0.408 e.